The van der Waals surface area contributed by atoms with Crippen LogP contribution in [-0.4, -0.2) is 35.5 Å². The lowest BCUT2D eigenvalue weighted by Gasteiger charge is -2.36. The molecular formula is C20H16Cl2FNO4. The van der Waals surface area contributed by atoms with E-state index in [0.717, 1.165) is 0 Å². The van der Waals surface area contributed by atoms with Crippen LogP contribution < -0.4 is 0 Å². The third-order valence-electron chi connectivity index (χ3n) is 4.53. The van der Waals surface area contributed by atoms with Gasteiger partial charge in [0.15, 0.2) is 0 Å². The van der Waals surface area contributed by atoms with Crippen molar-refractivity contribution in [1.29, 1.82) is 0 Å². The Labute approximate surface area is 170 Å². The maximum atomic E-state index is 13.8. The molecule has 0 saturated heterocycles. The molecule has 1 unspecified atom stereocenters. The molecule has 3 rings (SSSR count). The lowest BCUT2D eigenvalue weighted by atomic mass is 9.92. The SMILES string of the molecule is COC(=O)C1=C(O)CN(C(=O)c2ccc(Cl)c(Cl)c2)C(c2cccc(F)c2)C1. The van der Waals surface area contributed by atoms with Crippen molar-refractivity contribution in [1.82, 2.24) is 4.90 Å². The molecule has 8 heteroatoms. The zero-order chi connectivity index (χ0) is 20.4. The Morgan fingerprint density at radius 2 is 1.93 bits per heavy atom. The molecule has 1 heterocycles. The quantitative estimate of drug-likeness (QED) is 0.726. The Hall–Kier alpha value is -2.57. The lowest BCUT2D eigenvalue weighted by Crippen LogP contribution is -2.41. The van der Waals surface area contributed by atoms with Crippen molar-refractivity contribution in [3.8, 4) is 0 Å². The van der Waals surface area contributed by atoms with Gasteiger partial charge in [-0.15, -0.1) is 0 Å². The van der Waals surface area contributed by atoms with E-state index >= 15 is 0 Å². The van der Waals surface area contributed by atoms with E-state index in [9.17, 15) is 19.1 Å². The summed E-state index contributed by atoms with van der Waals surface area (Å²) in [4.78, 5) is 26.5. The van der Waals surface area contributed by atoms with Gasteiger partial charge in [-0.2, -0.15) is 0 Å². The Morgan fingerprint density at radius 3 is 2.57 bits per heavy atom. The van der Waals surface area contributed by atoms with Gasteiger partial charge in [-0.25, -0.2) is 9.18 Å². The van der Waals surface area contributed by atoms with E-state index in [0.29, 0.717) is 10.6 Å². The predicted molar refractivity (Wildman–Crippen MR) is 103 cm³/mol. The van der Waals surface area contributed by atoms with E-state index < -0.39 is 23.7 Å². The fourth-order valence-electron chi connectivity index (χ4n) is 3.13. The minimum Gasteiger partial charge on any atom is -0.510 e. The second kappa shape index (κ2) is 8.20. The van der Waals surface area contributed by atoms with Crippen molar-refractivity contribution in [2.24, 2.45) is 0 Å². The number of rotatable bonds is 3. The van der Waals surface area contributed by atoms with Gasteiger partial charge in [0.2, 0.25) is 0 Å². The number of amides is 1. The van der Waals surface area contributed by atoms with Crippen LogP contribution in [0.4, 0.5) is 4.39 Å². The number of ether oxygens (including phenoxy) is 1. The average molecular weight is 424 g/mol. The zero-order valence-corrected chi connectivity index (χ0v) is 16.3. The minimum absolute atomic E-state index is 0.0188. The van der Waals surface area contributed by atoms with Crippen molar-refractivity contribution in [2.75, 3.05) is 13.7 Å². The molecule has 1 atom stereocenters. The summed E-state index contributed by atoms with van der Waals surface area (Å²) >= 11 is 11.9. The van der Waals surface area contributed by atoms with Gasteiger partial charge in [0.1, 0.15) is 11.6 Å². The molecule has 146 valence electrons. The molecule has 5 nitrogen and oxygen atoms in total. The number of carbonyl (C=O) groups excluding carboxylic acids is 2. The molecule has 2 aromatic carbocycles. The minimum atomic E-state index is -0.694. The number of esters is 1. The number of halogens is 3. The lowest BCUT2D eigenvalue weighted by molar-refractivity contribution is -0.136. The van der Waals surface area contributed by atoms with Crippen LogP contribution in [0.1, 0.15) is 28.4 Å². The Morgan fingerprint density at radius 1 is 1.18 bits per heavy atom. The number of aliphatic hydroxyl groups is 1. The van der Waals surface area contributed by atoms with Gasteiger partial charge in [0.05, 0.1) is 35.3 Å². The summed E-state index contributed by atoms with van der Waals surface area (Å²) in [5.74, 6) is -1.88. The van der Waals surface area contributed by atoms with Gasteiger partial charge in [-0.1, -0.05) is 35.3 Å². The van der Waals surface area contributed by atoms with Crippen molar-refractivity contribution in [3.05, 3.63) is 80.8 Å². The van der Waals surface area contributed by atoms with E-state index in [2.05, 4.69) is 0 Å². The van der Waals surface area contributed by atoms with Crippen LogP contribution in [0.15, 0.2) is 53.8 Å². The number of hydrogen-bond acceptors (Lipinski definition) is 4. The summed E-state index contributed by atoms with van der Waals surface area (Å²) in [6.45, 7) is -0.231. The van der Waals surface area contributed by atoms with E-state index in [1.54, 1.807) is 6.07 Å². The Bertz CT molecular complexity index is 976. The highest BCUT2D eigenvalue weighted by Gasteiger charge is 2.36. The molecule has 0 bridgehead atoms. The highest BCUT2D eigenvalue weighted by Crippen LogP contribution is 2.36. The van der Waals surface area contributed by atoms with Crippen molar-refractivity contribution in [2.45, 2.75) is 12.5 Å². The second-order valence-electron chi connectivity index (χ2n) is 6.25. The van der Waals surface area contributed by atoms with Crippen LogP contribution in [0.2, 0.25) is 10.0 Å². The Kier molecular flexibility index (Phi) is 5.91. The van der Waals surface area contributed by atoms with E-state index in [1.807, 2.05) is 0 Å². The maximum absolute atomic E-state index is 13.8. The molecule has 1 aliphatic heterocycles. The Balaban J connectivity index is 2.05. The first-order valence-corrected chi connectivity index (χ1v) is 9.08. The summed E-state index contributed by atoms with van der Waals surface area (Å²) in [5, 5.41) is 10.8. The number of benzene rings is 2. The number of methoxy groups -OCH3 is 1. The normalized spacial score (nSPS) is 16.9. The molecule has 0 saturated carbocycles. The predicted octanol–water partition coefficient (Wildman–Crippen LogP) is 4.70. The number of carbonyl (C=O) groups is 2. The first-order valence-electron chi connectivity index (χ1n) is 8.32. The smallest absolute Gasteiger partial charge is 0.337 e. The molecule has 1 aliphatic rings. The van der Waals surface area contributed by atoms with Crippen LogP contribution >= 0.6 is 23.2 Å². The van der Waals surface area contributed by atoms with Gasteiger partial charge in [-0.05, 0) is 35.9 Å². The first kappa shape index (κ1) is 20.2. The summed E-state index contributed by atoms with van der Waals surface area (Å²) in [6, 6.07) is 9.49. The van der Waals surface area contributed by atoms with E-state index in [-0.39, 0.29) is 34.9 Å². The summed E-state index contributed by atoms with van der Waals surface area (Å²) in [5.41, 5.74) is 0.794. The summed E-state index contributed by atoms with van der Waals surface area (Å²) in [6.07, 6.45) is -0.0188. The molecule has 28 heavy (non-hydrogen) atoms. The van der Waals surface area contributed by atoms with Crippen molar-refractivity contribution < 1.29 is 23.8 Å². The standard InChI is InChI=1S/C20H16Cl2FNO4/c1-28-20(27)14-9-17(11-3-2-4-13(23)7-11)24(10-18(14)25)19(26)12-5-6-15(21)16(22)8-12/h2-8,17,25H,9-10H2,1H3. The third-order valence-corrected chi connectivity index (χ3v) is 5.27. The van der Waals surface area contributed by atoms with Crippen LogP contribution in [0.3, 0.4) is 0 Å². The average Bonchev–Trinajstić information content (AvgIpc) is 2.68. The van der Waals surface area contributed by atoms with E-state index in [4.69, 9.17) is 27.9 Å². The van der Waals surface area contributed by atoms with Gasteiger partial charge < -0.3 is 14.7 Å². The summed E-state index contributed by atoms with van der Waals surface area (Å²) < 4.78 is 18.5. The maximum Gasteiger partial charge on any atom is 0.337 e. The van der Waals surface area contributed by atoms with Gasteiger partial charge >= 0.3 is 5.97 Å². The molecule has 0 radical (unpaired) electrons. The topological polar surface area (TPSA) is 66.8 Å². The largest absolute Gasteiger partial charge is 0.510 e. The third kappa shape index (κ3) is 3.98. The molecule has 1 N–H and O–H groups in total. The highest BCUT2D eigenvalue weighted by atomic mass is 35.5. The van der Waals surface area contributed by atoms with E-state index in [1.165, 1.54) is 48.4 Å². The van der Waals surface area contributed by atoms with Crippen molar-refractivity contribution >= 4 is 35.1 Å². The molecular weight excluding hydrogens is 408 g/mol. The molecule has 1 amide bonds. The fourth-order valence-corrected chi connectivity index (χ4v) is 3.43. The number of nitrogens with zero attached hydrogens (tertiary/aromatic N) is 1. The molecule has 0 aromatic heterocycles. The van der Waals surface area contributed by atoms with Gasteiger partial charge in [0.25, 0.3) is 5.91 Å². The zero-order valence-electron chi connectivity index (χ0n) is 14.8. The van der Waals surface area contributed by atoms with Gasteiger partial charge in [-0.3, -0.25) is 4.79 Å². The van der Waals surface area contributed by atoms with Crippen molar-refractivity contribution in [3.63, 3.8) is 0 Å². The monoisotopic (exact) mass is 423 g/mol. The van der Waals surface area contributed by atoms with Crippen LogP contribution in [0.5, 0.6) is 0 Å². The van der Waals surface area contributed by atoms with Gasteiger partial charge in [0, 0.05) is 12.0 Å². The molecule has 2 aromatic rings. The van der Waals surface area contributed by atoms with Crippen LogP contribution in [0.25, 0.3) is 0 Å². The van der Waals surface area contributed by atoms with Crippen LogP contribution in [0, 0.1) is 5.82 Å². The number of aliphatic hydroxyl groups excluding tert-OH is 1. The highest BCUT2D eigenvalue weighted by molar-refractivity contribution is 6.42. The molecule has 0 spiro atoms. The first-order chi connectivity index (χ1) is 13.3. The summed E-state index contributed by atoms with van der Waals surface area (Å²) in [7, 11) is 1.20. The molecule has 0 aliphatic carbocycles. The molecule has 0 fully saturated rings. The fraction of sp³-hybridized carbons (Fsp3) is 0.200. The van der Waals surface area contributed by atoms with Crippen LogP contribution in [-0.2, 0) is 9.53 Å². The second-order valence-corrected chi connectivity index (χ2v) is 7.07. The number of hydrogen-bond donors (Lipinski definition) is 1.